The van der Waals surface area contributed by atoms with Crippen molar-refractivity contribution in [1.29, 1.82) is 0 Å². The molecule has 2 aromatic rings. The van der Waals surface area contributed by atoms with Gasteiger partial charge in [-0.2, -0.15) is 0 Å². The summed E-state index contributed by atoms with van der Waals surface area (Å²) in [7, 11) is 0. The Labute approximate surface area is 146 Å². The first-order valence-electron chi connectivity index (χ1n) is 7.95. The average molecular weight is 340 g/mol. The minimum Gasteiger partial charge on any atom is -0.508 e. The fourth-order valence-corrected chi connectivity index (χ4v) is 2.80. The van der Waals surface area contributed by atoms with Gasteiger partial charge in [-0.1, -0.05) is 32.9 Å². The van der Waals surface area contributed by atoms with Crippen molar-refractivity contribution in [3.05, 3.63) is 53.1 Å². The minimum absolute atomic E-state index is 0.0266. The Bertz CT molecular complexity index is 859. The molecule has 0 bridgehead atoms. The lowest BCUT2D eigenvalue weighted by molar-refractivity contribution is 0.104. The number of ketones is 1. The van der Waals surface area contributed by atoms with Crippen LogP contribution in [0.1, 0.15) is 42.3 Å². The fourth-order valence-electron chi connectivity index (χ4n) is 2.80. The third-order valence-corrected chi connectivity index (χ3v) is 4.00. The average Bonchev–Trinajstić information content (AvgIpc) is 2.99. The molecule has 0 radical (unpaired) electrons. The minimum atomic E-state index is -0.495. The van der Waals surface area contributed by atoms with Crippen molar-refractivity contribution in [3.8, 4) is 23.0 Å². The van der Waals surface area contributed by atoms with Crippen molar-refractivity contribution in [2.24, 2.45) is 0 Å². The molecule has 1 heterocycles. The maximum atomic E-state index is 12.5. The number of ether oxygens (including phenoxy) is 2. The zero-order valence-corrected chi connectivity index (χ0v) is 14.4. The fraction of sp³-hybridized carbons (Fsp3) is 0.250. The molecule has 0 unspecified atom stereocenters. The summed E-state index contributed by atoms with van der Waals surface area (Å²) in [5.41, 5.74) is 0.798. The number of rotatable bonds is 3. The molecular weight excluding hydrogens is 320 g/mol. The van der Waals surface area contributed by atoms with Crippen LogP contribution in [-0.2, 0) is 5.41 Å². The van der Waals surface area contributed by atoms with E-state index in [1.54, 1.807) is 18.2 Å². The van der Waals surface area contributed by atoms with Gasteiger partial charge in [-0.15, -0.1) is 0 Å². The van der Waals surface area contributed by atoms with Crippen LogP contribution in [0, 0.1) is 0 Å². The molecule has 0 atom stereocenters. The Balaban J connectivity index is 1.89. The molecule has 0 saturated carbocycles. The predicted molar refractivity (Wildman–Crippen MR) is 94.4 cm³/mol. The molecule has 25 heavy (non-hydrogen) atoms. The Morgan fingerprint density at radius 3 is 2.52 bits per heavy atom. The third kappa shape index (κ3) is 3.31. The zero-order valence-electron chi connectivity index (χ0n) is 14.4. The molecule has 0 fully saturated rings. The summed E-state index contributed by atoms with van der Waals surface area (Å²) in [6.45, 7) is 5.77. The Kier molecular flexibility index (Phi) is 4.17. The van der Waals surface area contributed by atoms with Crippen molar-refractivity contribution in [3.63, 3.8) is 0 Å². The van der Waals surface area contributed by atoms with Crippen LogP contribution >= 0.6 is 0 Å². The van der Waals surface area contributed by atoms with Crippen LogP contribution in [0.15, 0.2) is 36.4 Å². The molecule has 0 saturated heterocycles. The van der Waals surface area contributed by atoms with Crippen LogP contribution in [0.4, 0.5) is 0 Å². The summed E-state index contributed by atoms with van der Waals surface area (Å²) in [4.78, 5) is 12.5. The summed E-state index contributed by atoms with van der Waals surface area (Å²) in [6.07, 6.45) is 3.03. The molecule has 130 valence electrons. The first-order chi connectivity index (χ1) is 11.8. The monoisotopic (exact) mass is 340 g/mol. The predicted octanol–water partition coefficient (Wildman–Crippen LogP) is 4.02. The molecule has 5 nitrogen and oxygen atoms in total. The van der Waals surface area contributed by atoms with Gasteiger partial charge in [0.25, 0.3) is 0 Å². The molecule has 1 aliphatic rings. The van der Waals surface area contributed by atoms with E-state index in [9.17, 15) is 15.0 Å². The van der Waals surface area contributed by atoms with E-state index < -0.39 is 5.41 Å². The lowest BCUT2D eigenvalue weighted by Gasteiger charge is -2.22. The summed E-state index contributed by atoms with van der Waals surface area (Å²) < 4.78 is 10.6. The van der Waals surface area contributed by atoms with Crippen molar-refractivity contribution in [2.75, 3.05) is 6.79 Å². The van der Waals surface area contributed by atoms with Gasteiger partial charge in [-0.25, -0.2) is 0 Å². The van der Waals surface area contributed by atoms with Gasteiger partial charge in [0.15, 0.2) is 17.3 Å². The standard InChI is InChI=1S/C20H20O5/c1-20(2,3)18-15(22)8-6-13(19(18)23)14(21)7-4-12-5-9-16-17(10-12)25-11-24-16/h4-10,22-23H,11H2,1-3H3/b7-4+. The molecule has 1 aliphatic heterocycles. The largest absolute Gasteiger partial charge is 0.508 e. The highest BCUT2D eigenvalue weighted by molar-refractivity contribution is 6.09. The van der Waals surface area contributed by atoms with Gasteiger partial charge in [0.1, 0.15) is 11.5 Å². The summed E-state index contributed by atoms with van der Waals surface area (Å²) >= 11 is 0. The van der Waals surface area contributed by atoms with E-state index >= 15 is 0 Å². The number of hydrogen-bond donors (Lipinski definition) is 2. The smallest absolute Gasteiger partial charge is 0.231 e. The van der Waals surface area contributed by atoms with Crippen LogP contribution in [0.2, 0.25) is 0 Å². The second-order valence-corrected chi connectivity index (χ2v) is 6.92. The topological polar surface area (TPSA) is 76.0 Å². The van der Waals surface area contributed by atoms with Gasteiger partial charge < -0.3 is 19.7 Å². The molecule has 2 aromatic carbocycles. The third-order valence-electron chi connectivity index (χ3n) is 4.00. The van der Waals surface area contributed by atoms with Gasteiger partial charge in [-0.05, 0) is 41.3 Å². The number of aromatic hydroxyl groups is 2. The number of fused-ring (bicyclic) bond motifs is 1. The first kappa shape index (κ1) is 16.9. The number of carbonyl (C=O) groups excluding carboxylic acids is 1. The molecule has 0 amide bonds. The van der Waals surface area contributed by atoms with Gasteiger partial charge in [0.2, 0.25) is 6.79 Å². The van der Waals surface area contributed by atoms with Crippen LogP contribution in [0.3, 0.4) is 0 Å². The summed E-state index contributed by atoms with van der Waals surface area (Å²) in [5.74, 6) is 0.751. The number of benzene rings is 2. The molecule has 2 N–H and O–H groups in total. The van der Waals surface area contributed by atoms with E-state index in [1.165, 1.54) is 18.2 Å². The van der Waals surface area contributed by atoms with E-state index in [-0.39, 0.29) is 29.6 Å². The molecule has 0 aliphatic carbocycles. The lowest BCUT2D eigenvalue weighted by Crippen LogP contribution is -2.13. The van der Waals surface area contributed by atoms with Crippen LogP contribution < -0.4 is 9.47 Å². The van der Waals surface area contributed by atoms with Crippen LogP contribution in [0.5, 0.6) is 23.0 Å². The lowest BCUT2D eigenvalue weighted by atomic mass is 9.84. The number of carbonyl (C=O) groups is 1. The highest BCUT2D eigenvalue weighted by Gasteiger charge is 2.25. The highest BCUT2D eigenvalue weighted by Crippen LogP contribution is 2.40. The number of phenols is 2. The van der Waals surface area contributed by atoms with E-state index in [0.717, 1.165) is 5.56 Å². The van der Waals surface area contributed by atoms with E-state index in [4.69, 9.17) is 9.47 Å². The van der Waals surface area contributed by atoms with Gasteiger partial charge in [0.05, 0.1) is 5.56 Å². The number of allylic oxidation sites excluding steroid dienone is 1. The van der Waals surface area contributed by atoms with Crippen molar-refractivity contribution in [1.82, 2.24) is 0 Å². The van der Waals surface area contributed by atoms with E-state index in [2.05, 4.69) is 0 Å². The quantitative estimate of drug-likeness (QED) is 0.652. The Morgan fingerprint density at radius 1 is 1.08 bits per heavy atom. The van der Waals surface area contributed by atoms with Crippen LogP contribution in [-0.4, -0.2) is 22.8 Å². The van der Waals surface area contributed by atoms with Gasteiger partial charge >= 0.3 is 0 Å². The zero-order chi connectivity index (χ0) is 18.2. The highest BCUT2D eigenvalue weighted by atomic mass is 16.7. The molecule has 3 rings (SSSR count). The molecule has 0 spiro atoms. The summed E-state index contributed by atoms with van der Waals surface area (Å²) in [5, 5.41) is 20.5. The maximum absolute atomic E-state index is 12.5. The molecular formula is C20H20O5. The number of hydrogen-bond acceptors (Lipinski definition) is 5. The first-order valence-corrected chi connectivity index (χ1v) is 7.95. The van der Waals surface area contributed by atoms with Crippen molar-refractivity contribution >= 4 is 11.9 Å². The molecule has 5 heteroatoms. The van der Waals surface area contributed by atoms with Crippen LogP contribution in [0.25, 0.3) is 6.08 Å². The normalized spacial score (nSPS) is 13.4. The summed E-state index contributed by atoms with van der Waals surface area (Å²) in [6, 6.07) is 8.23. The number of phenolic OH excluding ortho intramolecular Hbond substituents is 2. The van der Waals surface area contributed by atoms with Gasteiger partial charge in [0, 0.05) is 5.56 Å². The van der Waals surface area contributed by atoms with E-state index in [0.29, 0.717) is 17.1 Å². The van der Waals surface area contributed by atoms with E-state index in [1.807, 2.05) is 26.8 Å². The van der Waals surface area contributed by atoms with Gasteiger partial charge in [-0.3, -0.25) is 4.79 Å². The second kappa shape index (κ2) is 6.16. The van der Waals surface area contributed by atoms with Crippen molar-refractivity contribution in [2.45, 2.75) is 26.2 Å². The SMILES string of the molecule is CC(C)(C)c1c(O)ccc(C(=O)/C=C/c2ccc3c(c2)OCO3)c1O. The van der Waals surface area contributed by atoms with Crippen molar-refractivity contribution < 1.29 is 24.5 Å². The molecule has 0 aromatic heterocycles. The Hall–Kier alpha value is -2.95. The Morgan fingerprint density at radius 2 is 1.80 bits per heavy atom. The maximum Gasteiger partial charge on any atom is 0.231 e. The second-order valence-electron chi connectivity index (χ2n) is 6.92.